The Kier molecular flexibility index (Phi) is 3.95. The summed E-state index contributed by atoms with van der Waals surface area (Å²) in [4.78, 5) is 2.46. The molecule has 1 saturated heterocycles. The van der Waals surface area contributed by atoms with Crippen LogP contribution in [-0.2, 0) is 6.54 Å². The van der Waals surface area contributed by atoms with Crippen molar-refractivity contribution in [3.63, 3.8) is 0 Å². The van der Waals surface area contributed by atoms with Crippen LogP contribution in [0.2, 0.25) is 5.02 Å². The van der Waals surface area contributed by atoms with E-state index >= 15 is 0 Å². The van der Waals surface area contributed by atoms with Gasteiger partial charge in [-0.15, -0.1) is 0 Å². The third-order valence-electron chi connectivity index (χ3n) is 3.86. The van der Waals surface area contributed by atoms with Crippen molar-refractivity contribution >= 4 is 11.6 Å². The van der Waals surface area contributed by atoms with Gasteiger partial charge in [0.05, 0.1) is 0 Å². The molecule has 2 nitrogen and oxygen atoms in total. The minimum atomic E-state index is 0.312. The topological polar surface area (TPSA) is 23.5 Å². The molecule has 1 aromatic carbocycles. The van der Waals surface area contributed by atoms with Crippen LogP contribution < -0.4 is 0 Å². The highest BCUT2D eigenvalue weighted by Gasteiger charge is 2.30. The second kappa shape index (κ2) is 5.28. The third-order valence-corrected chi connectivity index (χ3v) is 4.21. The highest BCUT2D eigenvalue weighted by molar-refractivity contribution is 6.31. The number of hydrogen-bond donors (Lipinski definition) is 1. The van der Waals surface area contributed by atoms with Crippen LogP contribution in [0.1, 0.15) is 38.7 Å². The second-order valence-electron chi connectivity index (χ2n) is 4.90. The monoisotopic (exact) mass is 253 g/mol. The summed E-state index contributed by atoms with van der Waals surface area (Å²) >= 11 is 6.16. The highest BCUT2D eigenvalue weighted by atomic mass is 35.5. The van der Waals surface area contributed by atoms with Crippen LogP contribution in [0.4, 0.5) is 0 Å². The van der Waals surface area contributed by atoms with Gasteiger partial charge < -0.3 is 5.11 Å². The number of aromatic hydroxyl groups is 1. The lowest BCUT2D eigenvalue weighted by atomic mass is 10.1. The van der Waals surface area contributed by atoms with Crippen LogP contribution in [0.15, 0.2) is 18.2 Å². The Hall–Kier alpha value is -0.730. The van der Waals surface area contributed by atoms with Crippen molar-refractivity contribution in [2.75, 3.05) is 0 Å². The first-order chi connectivity index (χ1) is 8.13. The van der Waals surface area contributed by atoms with Gasteiger partial charge in [0.25, 0.3) is 0 Å². The Balaban J connectivity index is 2.19. The van der Waals surface area contributed by atoms with Crippen LogP contribution in [0.5, 0.6) is 5.75 Å². The molecule has 0 amide bonds. The SMILES string of the molecule is CCC1CCC(C)N1Cc1c(O)cccc1Cl. The van der Waals surface area contributed by atoms with Gasteiger partial charge in [0, 0.05) is 29.2 Å². The number of phenolic OH excluding ortho intramolecular Hbond substituents is 1. The number of phenols is 1. The van der Waals surface area contributed by atoms with Crippen LogP contribution in [0, 0.1) is 0 Å². The third kappa shape index (κ3) is 2.58. The molecule has 94 valence electrons. The largest absolute Gasteiger partial charge is 0.508 e. The summed E-state index contributed by atoms with van der Waals surface area (Å²) in [5.74, 6) is 0.312. The average molecular weight is 254 g/mol. The smallest absolute Gasteiger partial charge is 0.121 e. The van der Waals surface area contributed by atoms with E-state index in [9.17, 15) is 5.11 Å². The quantitative estimate of drug-likeness (QED) is 0.886. The molecule has 2 rings (SSSR count). The maximum absolute atomic E-state index is 9.89. The van der Waals surface area contributed by atoms with Gasteiger partial charge in [-0.1, -0.05) is 24.6 Å². The van der Waals surface area contributed by atoms with Gasteiger partial charge in [0.15, 0.2) is 0 Å². The van der Waals surface area contributed by atoms with Crippen molar-refractivity contribution in [2.24, 2.45) is 0 Å². The summed E-state index contributed by atoms with van der Waals surface area (Å²) in [6.07, 6.45) is 3.65. The number of halogens is 1. The molecule has 0 saturated carbocycles. The molecule has 3 heteroatoms. The lowest BCUT2D eigenvalue weighted by Crippen LogP contribution is -2.33. The van der Waals surface area contributed by atoms with Crippen molar-refractivity contribution in [1.29, 1.82) is 0 Å². The molecule has 2 atom stereocenters. The maximum atomic E-state index is 9.89. The summed E-state index contributed by atoms with van der Waals surface area (Å²) in [5, 5.41) is 10.6. The fourth-order valence-electron chi connectivity index (χ4n) is 2.74. The maximum Gasteiger partial charge on any atom is 0.121 e. The highest BCUT2D eigenvalue weighted by Crippen LogP contribution is 2.32. The van der Waals surface area contributed by atoms with Gasteiger partial charge in [-0.25, -0.2) is 0 Å². The Labute approximate surface area is 108 Å². The Bertz CT molecular complexity index is 374. The van der Waals surface area contributed by atoms with Crippen LogP contribution in [0.3, 0.4) is 0 Å². The van der Waals surface area contributed by atoms with E-state index in [2.05, 4.69) is 18.7 Å². The zero-order valence-electron chi connectivity index (χ0n) is 10.5. The first-order valence-electron chi connectivity index (χ1n) is 6.35. The summed E-state index contributed by atoms with van der Waals surface area (Å²) in [6.45, 7) is 5.23. The molecule has 0 spiro atoms. The molecule has 0 aromatic heterocycles. The first-order valence-corrected chi connectivity index (χ1v) is 6.73. The molecule has 2 unspecified atom stereocenters. The lowest BCUT2D eigenvalue weighted by Gasteiger charge is -2.28. The van der Waals surface area contributed by atoms with Crippen molar-refractivity contribution in [3.8, 4) is 5.75 Å². The molecule has 1 aromatic rings. The number of rotatable bonds is 3. The summed E-state index contributed by atoms with van der Waals surface area (Å²) in [5.41, 5.74) is 0.862. The molecule has 1 N–H and O–H groups in total. The molecule has 1 heterocycles. The Morgan fingerprint density at radius 2 is 2.18 bits per heavy atom. The predicted molar refractivity (Wildman–Crippen MR) is 71.4 cm³/mol. The van der Waals surface area contributed by atoms with Crippen LogP contribution in [0.25, 0.3) is 0 Å². The fraction of sp³-hybridized carbons (Fsp3) is 0.571. The van der Waals surface area contributed by atoms with Crippen molar-refractivity contribution in [1.82, 2.24) is 4.90 Å². The van der Waals surface area contributed by atoms with Gasteiger partial charge in [0.1, 0.15) is 5.75 Å². The fourth-order valence-corrected chi connectivity index (χ4v) is 2.96. The molecular weight excluding hydrogens is 234 g/mol. The van der Waals surface area contributed by atoms with Gasteiger partial charge in [0.2, 0.25) is 0 Å². The van der Waals surface area contributed by atoms with Gasteiger partial charge in [-0.2, -0.15) is 0 Å². The predicted octanol–water partition coefficient (Wildman–Crippen LogP) is 3.81. The normalized spacial score (nSPS) is 25.4. The van der Waals surface area contributed by atoms with Gasteiger partial charge >= 0.3 is 0 Å². The molecule has 1 aliphatic rings. The van der Waals surface area contributed by atoms with Gasteiger partial charge in [-0.05, 0) is 38.3 Å². The molecule has 17 heavy (non-hydrogen) atoms. The standard InChI is InChI=1S/C14H20ClNO/c1-3-11-8-7-10(2)16(11)9-12-13(15)5-4-6-14(12)17/h4-6,10-11,17H,3,7-9H2,1-2H3. The van der Waals surface area contributed by atoms with E-state index in [0.717, 1.165) is 18.5 Å². The first kappa shape index (κ1) is 12.7. The summed E-state index contributed by atoms with van der Waals surface area (Å²) in [7, 11) is 0. The minimum absolute atomic E-state index is 0.312. The van der Waals surface area contributed by atoms with E-state index in [4.69, 9.17) is 11.6 Å². The van der Waals surface area contributed by atoms with E-state index in [0.29, 0.717) is 22.9 Å². The Morgan fingerprint density at radius 1 is 1.41 bits per heavy atom. The van der Waals surface area contributed by atoms with E-state index in [1.54, 1.807) is 12.1 Å². The Morgan fingerprint density at radius 3 is 2.82 bits per heavy atom. The van der Waals surface area contributed by atoms with E-state index < -0.39 is 0 Å². The average Bonchev–Trinajstić information content (AvgIpc) is 2.65. The molecule has 0 bridgehead atoms. The van der Waals surface area contributed by atoms with E-state index in [1.165, 1.54) is 12.8 Å². The number of hydrogen-bond acceptors (Lipinski definition) is 2. The summed E-state index contributed by atoms with van der Waals surface area (Å²) in [6, 6.07) is 6.55. The van der Waals surface area contributed by atoms with Gasteiger partial charge in [-0.3, -0.25) is 4.90 Å². The molecule has 1 fully saturated rings. The van der Waals surface area contributed by atoms with Crippen molar-refractivity contribution < 1.29 is 5.11 Å². The second-order valence-corrected chi connectivity index (χ2v) is 5.31. The number of benzene rings is 1. The molecular formula is C14H20ClNO. The number of nitrogens with zero attached hydrogens (tertiary/aromatic N) is 1. The summed E-state index contributed by atoms with van der Waals surface area (Å²) < 4.78 is 0. The zero-order valence-corrected chi connectivity index (χ0v) is 11.2. The van der Waals surface area contributed by atoms with Crippen molar-refractivity contribution in [2.45, 2.75) is 51.7 Å². The lowest BCUT2D eigenvalue weighted by molar-refractivity contribution is 0.187. The van der Waals surface area contributed by atoms with Crippen molar-refractivity contribution in [3.05, 3.63) is 28.8 Å². The molecule has 1 aliphatic heterocycles. The zero-order chi connectivity index (χ0) is 12.4. The van der Waals surface area contributed by atoms with E-state index in [-0.39, 0.29) is 0 Å². The number of likely N-dealkylation sites (tertiary alicyclic amines) is 1. The molecule has 0 radical (unpaired) electrons. The van der Waals surface area contributed by atoms with Crippen LogP contribution in [-0.4, -0.2) is 22.1 Å². The molecule has 0 aliphatic carbocycles. The minimum Gasteiger partial charge on any atom is -0.508 e. The van der Waals surface area contributed by atoms with E-state index in [1.807, 2.05) is 6.07 Å². The van der Waals surface area contributed by atoms with Crippen LogP contribution >= 0.6 is 11.6 Å².